The van der Waals surface area contributed by atoms with Gasteiger partial charge < -0.3 is 15.4 Å². The maximum Gasteiger partial charge on any atom is 0.204 e. The van der Waals surface area contributed by atoms with Crippen molar-refractivity contribution in [1.82, 2.24) is 9.97 Å². The van der Waals surface area contributed by atoms with Gasteiger partial charge in [0, 0.05) is 13.1 Å². The molecule has 0 spiro atoms. The van der Waals surface area contributed by atoms with Crippen molar-refractivity contribution in [1.29, 1.82) is 0 Å². The van der Waals surface area contributed by atoms with Crippen LogP contribution < -0.4 is 15.4 Å². The average Bonchev–Trinajstić information content (AvgIpc) is 3.00. The third-order valence-electron chi connectivity index (χ3n) is 4.60. The Balaban J connectivity index is 2.08. The van der Waals surface area contributed by atoms with Crippen LogP contribution in [0.5, 0.6) is 5.75 Å². The molecule has 2 N–H and O–H groups in total. The quantitative estimate of drug-likeness (QED) is 0.765. The molecule has 5 heteroatoms. The van der Waals surface area contributed by atoms with Crippen LogP contribution in [0.25, 0.3) is 0 Å². The summed E-state index contributed by atoms with van der Waals surface area (Å²) in [5.41, 5.74) is 0.424. The largest absolute Gasteiger partial charge is 0.490 e. The number of hydrogen-bond donors (Lipinski definition) is 2. The molecule has 0 unspecified atom stereocenters. The molecule has 1 heterocycles. The minimum Gasteiger partial charge on any atom is -0.490 e. The Bertz CT molecular complexity index is 444. The second kappa shape index (κ2) is 7.48. The van der Waals surface area contributed by atoms with Gasteiger partial charge in [0.25, 0.3) is 0 Å². The van der Waals surface area contributed by atoms with Crippen LogP contribution in [0.15, 0.2) is 6.33 Å². The molecule has 2 rings (SSSR count). The minimum atomic E-state index is 0.424. The molecule has 5 nitrogen and oxygen atoms in total. The fourth-order valence-electron chi connectivity index (χ4n) is 3.11. The van der Waals surface area contributed by atoms with Crippen LogP contribution in [-0.2, 0) is 0 Å². The highest BCUT2D eigenvalue weighted by Crippen LogP contribution is 2.41. The van der Waals surface area contributed by atoms with Crippen molar-refractivity contribution in [3.8, 4) is 5.75 Å². The van der Waals surface area contributed by atoms with Gasteiger partial charge in [-0.05, 0) is 31.1 Å². The molecule has 118 valence electrons. The molecule has 21 heavy (non-hydrogen) atoms. The van der Waals surface area contributed by atoms with Crippen LogP contribution >= 0.6 is 0 Å². The van der Waals surface area contributed by atoms with Crippen LogP contribution in [0, 0.1) is 5.41 Å². The monoisotopic (exact) mass is 292 g/mol. The van der Waals surface area contributed by atoms with Crippen molar-refractivity contribution in [2.24, 2.45) is 5.41 Å². The van der Waals surface area contributed by atoms with Crippen LogP contribution in [-0.4, -0.2) is 30.2 Å². The standard InChI is InChI=1S/C16H28N4O/c1-4-10-17-14-13(21-3)15(20-12-19-14)18-11-16(5-2)8-6-7-9-16/h12H,4-11H2,1-3H3,(H2,17,18,19,20). The van der Waals surface area contributed by atoms with Crippen molar-refractivity contribution >= 4 is 11.6 Å². The topological polar surface area (TPSA) is 59.1 Å². The molecule has 1 aromatic heterocycles. The summed E-state index contributed by atoms with van der Waals surface area (Å²) >= 11 is 0. The maximum absolute atomic E-state index is 5.51. The smallest absolute Gasteiger partial charge is 0.204 e. The van der Waals surface area contributed by atoms with Crippen molar-refractivity contribution in [3.63, 3.8) is 0 Å². The summed E-state index contributed by atoms with van der Waals surface area (Å²) in [6.45, 7) is 6.26. The lowest BCUT2D eigenvalue weighted by Gasteiger charge is -2.28. The third-order valence-corrected chi connectivity index (χ3v) is 4.60. The van der Waals surface area contributed by atoms with Gasteiger partial charge >= 0.3 is 0 Å². The fraction of sp³-hybridized carbons (Fsp3) is 0.750. The summed E-state index contributed by atoms with van der Waals surface area (Å²) < 4.78 is 5.51. The predicted molar refractivity (Wildman–Crippen MR) is 87.0 cm³/mol. The normalized spacial score (nSPS) is 16.7. The number of nitrogens with one attached hydrogen (secondary N) is 2. The van der Waals surface area contributed by atoms with E-state index in [1.54, 1.807) is 13.4 Å². The van der Waals surface area contributed by atoms with Gasteiger partial charge in [0.15, 0.2) is 11.6 Å². The first-order chi connectivity index (χ1) is 10.2. The molecule has 1 fully saturated rings. The van der Waals surface area contributed by atoms with Gasteiger partial charge in [-0.2, -0.15) is 0 Å². The second-order valence-corrected chi connectivity index (χ2v) is 5.95. The summed E-state index contributed by atoms with van der Waals surface area (Å²) in [6, 6.07) is 0. The Morgan fingerprint density at radius 2 is 1.81 bits per heavy atom. The molecule has 1 aromatic rings. The van der Waals surface area contributed by atoms with Crippen molar-refractivity contribution in [3.05, 3.63) is 6.33 Å². The Kier molecular flexibility index (Phi) is 5.65. The molecular formula is C16H28N4O. The molecule has 1 aliphatic rings. The number of rotatable bonds is 8. The molecule has 0 radical (unpaired) electrons. The van der Waals surface area contributed by atoms with Crippen LogP contribution in [0.3, 0.4) is 0 Å². The molecule has 0 atom stereocenters. The molecule has 1 aliphatic carbocycles. The van der Waals surface area contributed by atoms with E-state index in [0.29, 0.717) is 5.41 Å². The molecule has 0 aromatic carbocycles. The number of methoxy groups -OCH3 is 1. The maximum atomic E-state index is 5.51. The minimum absolute atomic E-state index is 0.424. The highest BCUT2D eigenvalue weighted by Gasteiger charge is 2.32. The Labute approximate surface area is 127 Å². The van der Waals surface area contributed by atoms with Gasteiger partial charge in [-0.25, -0.2) is 9.97 Å². The Morgan fingerprint density at radius 1 is 1.14 bits per heavy atom. The summed E-state index contributed by atoms with van der Waals surface area (Å²) in [4.78, 5) is 8.64. The highest BCUT2D eigenvalue weighted by molar-refractivity contribution is 5.63. The van der Waals surface area contributed by atoms with Crippen molar-refractivity contribution < 1.29 is 4.74 Å². The van der Waals surface area contributed by atoms with E-state index in [2.05, 4.69) is 34.4 Å². The first-order valence-corrected chi connectivity index (χ1v) is 8.11. The van der Waals surface area contributed by atoms with E-state index in [1.807, 2.05) is 0 Å². The van der Waals surface area contributed by atoms with E-state index in [1.165, 1.54) is 32.1 Å². The number of nitrogens with zero attached hydrogens (tertiary/aromatic N) is 2. The van der Waals surface area contributed by atoms with Gasteiger partial charge in [0.2, 0.25) is 5.75 Å². The van der Waals surface area contributed by atoms with E-state index in [9.17, 15) is 0 Å². The number of ether oxygens (including phenoxy) is 1. The fourth-order valence-corrected chi connectivity index (χ4v) is 3.11. The molecular weight excluding hydrogens is 264 g/mol. The molecule has 1 saturated carbocycles. The molecule has 0 aliphatic heterocycles. The highest BCUT2D eigenvalue weighted by atomic mass is 16.5. The van der Waals surface area contributed by atoms with Crippen molar-refractivity contribution in [2.75, 3.05) is 30.8 Å². The zero-order chi connectivity index (χ0) is 15.1. The lowest BCUT2D eigenvalue weighted by Crippen LogP contribution is -2.26. The summed E-state index contributed by atoms with van der Waals surface area (Å²) in [5.74, 6) is 2.29. The molecule has 0 bridgehead atoms. The number of hydrogen-bond acceptors (Lipinski definition) is 5. The van der Waals surface area contributed by atoms with E-state index < -0.39 is 0 Å². The summed E-state index contributed by atoms with van der Waals surface area (Å²) in [7, 11) is 1.67. The molecule has 0 amide bonds. The lowest BCUT2D eigenvalue weighted by atomic mass is 9.83. The van der Waals surface area contributed by atoms with Crippen molar-refractivity contribution in [2.45, 2.75) is 52.4 Å². The number of aromatic nitrogens is 2. The van der Waals surface area contributed by atoms with E-state index in [0.717, 1.165) is 36.9 Å². The van der Waals surface area contributed by atoms with E-state index in [4.69, 9.17) is 4.74 Å². The van der Waals surface area contributed by atoms with Gasteiger partial charge in [-0.3, -0.25) is 0 Å². The predicted octanol–water partition coefficient (Wildman–Crippen LogP) is 3.69. The summed E-state index contributed by atoms with van der Waals surface area (Å²) in [5, 5.41) is 6.79. The first-order valence-electron chi connectivity index (χ1n) is 8.11. The SMILES string of the molecule is CCCNc1ncnc(NCC2(CC)CCCC2)c1OC. The van der Waals surface area contributed by atoms with Crippen LogP contribution in [0.4, 0.5) is 11.6 Å². The van der Waals surface area contributed by atoms with Gasteiger partial charge in [-0.1, -0.05) is 26.7 Å². The number of anilines is 2. The Morgan fingerprint density at radius 3 is 2.38 bits per heavy atom. The summed E-state index contributed by atoms with van der Waals surface area (Å²) in [6.07, 6.45) is 9.18. The average molecular weight is 292 g/mol. The van der Waals surface area contributed by atoms with Gasteiger partial charge in [0.1, 0.15) is 6.33 Å². The third kappa shape index (κ3) is 3.77. The van der Waals surface area contributed by atoms with Gasteiger partial charge in [-0.15, -0.1) is 0 Å². The van der Waals surface area contributed by atoms with Crippen LogP contribution in [0.1, 0.15) is 52.4 Å². The molecule has 0 saturated heterocycles. The second-order valence-electron chi connectivity index (χ2n) is 5.95. The lowest BCUT2D eigenvalue weighted by molar-refractivity contribution is 0.306. The van der Waals surface area contributed by atoms with Crippen LogP contribution in [0.2, 0.25) is 0 Å². The van der Waals surface area contributed by atoms with Gasteiger partial charge in [0.05, 0.1) is 7.11 Å². The zero-order valence-corrected chi connectivity index (χ0v) is 13.5. The first kappa shape index (κ1) is 15.9. The van der Waals surface area contributed by atoms with E-state index in [-0.39, 0.29) is 0 Å². The Hall–Kier alpha value is -1.52. The van der Waals surface area contributed by atoms with E-state index >= 15 is 0 Å². The zero-order valence-electron chi connectivity index (χ0n) is 13.5.